The number of hydrogen-bond donors (Lipinski definition) is 1. The van der Waals surface area contributed by atoms with Gasteiger partial charge >= 0.3 is 0 Å². The molecule has 38 heavy (non-hydrogen) atoms. The zero-order chi connectivity index (χ0) is 27.5. The van der Waals surface area contributed by atoms with E-state index in [-0.39, 0.29) is 33.7 Å². The summed E-state index contributed by atoms with van der Waals surface area (Å²) in [6.45, 7) is 3.20. The molecule has 5 rings (SSSR count). The molecule has 0 bridgehead atoms. The van der Waals surface area contributed by atoms with Crippen LogP contribution in [0.3, 0.4) is 0 Å². The molecule has 4 aromatic rings. The zero-order valence-electron chi connectivity index (χ0n) is 20.6. The van der Waals surface area contributed by atoms with Gasteiger partial charge in [-0.2, -0.15) is 0 Å². The lowest BCUT2D eigenvalue weighted by Gasteiger charge is -2.18. The Morgan fingerprint density at radius 3 is 2.47 bits per heavy atom. The van der Waals surface area contributed by atoms with Gasteiger partial charge in [-0.15, -0.1) is 0 Å². The lowest BCUT2D eigenvalue weighted by atomic mass is 10.0. The number of hydrogen-bond acceptors (Lipinski definition) is 5. The number of aromatic amines is 1. The Hall–Kier alpha value is -3.63. The number of sulfone groups is 1. The molecule has 1 saturated carbocycles. The molecule has 0 aliphatic heterocycles. The summed E-state index contributed by atoms with van der Waals surface area (Å²) in [5.41, 5.74) is 0.485. The van der Waals surface area contributed by atoms with Crippen LogP contribution in [0.25, 0.3) is 16.9 Å². The summed E-state index contributed by atoms with van der Waals surface area (Å²) in [5, 5.41) is -0.0602. The molecule has 196 valence electrons. The quantitative estimate of drug-likeness (QED) is 0.379. The van der Waals surface area contributed by atoms with Crippen LogP contribution in [-0.2, 0) is 9.84 Å². The normalized spacial score (nSPS) is 17.0. The summed E-state index contributed by atoms with van der Waals surface area (Å²) in [7, 11) is -3.92. The molecule has 7 nitrogen and oxygen atoms in total. The molecule has 1 aliphatic rings. The first-order valence-corrected chi connectivity index (χ1v) is 13.9. The van der Waals surface area contributed by atoms with Gasteiger partial charge in [0, 0.05) is 36.0 Å². The second-order valence-corrected chi connectivity index (χ2v) is 11.8. The van der Waals surface area contributed by atoms with E-state index >= 15 is 8.78 Å². The number of aromatic nitrogens is 3. The van der Waals surface area contributed by atoms with E-state index in [2.05, 4.69) is 9.97 Å². The van der Waals surface area contributed by atoms with E-state index in [4.69, 9.17) is 11.6 Å². The highest BCUT2D eigenvalue weighted by molar-refractivity contribution is 7.90. The van der Waals surface area contributed by atoms with E-state index in [1.807, 2.05) is 0 Å². The van der Waals surface area contributed by atoms with Gasteiger partial charge < -0.3 is 4.98 Å². The van der Waals surface area contributed by atoms with Gasteiger partial charge in [-0.05, 0) is 67.0 Å². The Morgan fingerprint density at radius 2 is 1.82 bits per heavy atom. The highest BCUT2D eigenvalue weighted by atomic mass is 35.5. The number of H-pyrrole nitrogens is 1. The summed E-state index contributed by atoms with van der Waals surface area (Å²) < 4.78 is 56.2. The van der Waals surface area contributed by atoms with Crippen LogP contribution in [0.5, 0.6) is 0 Å². The van der Waals surface area contributed by atoms with Crippen LogP contribution in [0.15, 0.2) is 63.3 Å². The fourth-order valence-corrected chi connectivity index (χ4v) is 5.89. The second kappa shape index (κ2) is 9.28. The molecule has 0 unspecified atom stereocenters. The molecular weight excluding hydrogens is 536 g/mol. The van der Waals surface area contributed by atoms with Gasteiger partial charge in [0.05, 0.1) is 5.69 Å². The Bertz CT molecular complexity index is 1830. The molecule has 11 heteroatoms. The summed E-state index contributed by atoms with van der Waals surface area (Å²) >= 11 is 6.53. The molecule has 2 atom stereocenters. The lowest BCUT2D eigenvalue weighted by molar-refractivity contribution is 0.569. The third-order valence-electron chi connectivity index (χ3n) is 6.81. The first kappa shape index (κ1) is 26.0. The van der Waals surface area contributed by atoms with Crippen molar-refractivity contribution in [1.29, 1.82) is 0 Å². The zero-order valence-corrected chi connectivity index (χ0v) is 22.1. The van der Waals surface area contributed by atoms with Crippen LogP contribution in [0.2, 0.25) is 5.02 Å². The molecule has 1 N–H and O–H groups in total. The molecule has 0 saturated heterocycles. The predicted octanol–water partition coefficient (Wildman–Crippen LogP) is 4.81. The number of nitrogens with one attached hydrogen (secondary N) is 1. The van der Waals surface area contributed by atoms with Gasteiger partial charge in [0.2, 0.25) is 5.56 Å². The van der Waals surface area contributed by atoms with E-state index in [0.29, 0.717) is 16.8 Å². The maximum Gasteiger partial charge on any atom is 0.274 e. The fraction of sp³-hybridized carbons (Fsp3) is 0.222. The van der Waals surface area contributed by atoms with Crippen LogP contribution in [-0.4, -0.2) is 29.2 Å². The second-order valence-electron chi connectivity index (χ2n) is 9.47. The van der Waals surface area contributed by atoms with Gasteiger partial charge in [-0.1, -0.05) is 23.7 Å². The standard InChI is InChI=1S/C27H22ClF2N3O4S/c1-13-11-32-25(16-5-4-6-20(23(16)29)38(3,36)37)24(30)26(13)33-14(2)9-19(22(28)27(33)35)18-10-17(18)15-7-8-21(34)31-12-15/h4-9,11-12,17-18H,10H2,1-3H3,(H,31,34)/t17-,18+/m1/s1. The topological polar surface area (TPSA) is 102 Å². The summed E-state index contributed by atoms with van der Waals surface area (Å²) in [6.07, 6.45) is 4.52. The summed E-state index contributed by atoms with van der Waals surface area (Å²) in [4.78, 5) is 30.9. The van der Waals surface area contributed by atoms with E-state index in [1.54, 1.807) is 32.2 Å². The van der Waals surface area contributed by atoms with Crippen molar-refractivity contribution >= 4 is 21.4 Å². The van der Waals surface area contributed by atoms with Crippen molar-refractivity contribution in [2.75, 3.05) is 6.26 Å². The van der Waals surface area contributed by atoms with E-state index in [9.17, 15) is 18.0 Å². The van der Waals surface area contributed by atoms with Crippen LogP contribution in [0.1, 0.15) is 40.6 Å². The van der Waals surface area contributed by atoms with Gasteiger partial charge in [0.1, 0.15) is 15.6 Å². The van der Waals surface area contributed by atoms with Crippen molar-refractivity contribution in [3.8, 4) is 16.9 Å². The Labute approximate surface area is 221 Å². The fourth-order valence-electron chi connectivity index (χ4n) is 4.85. The first-order chi connectivity index (χ1) is 17.9. The molecule has 0 spiro atoms. The van der Waals surface area contributed by atoms with Gasteiger partial charge in [-0.25, -0.2) is 17.2 Å². The monoisotopic (exact) mass is 557 g/mol. The average molecular weight is 558 g/mol. The van der Waals surface area contributed by atoms with Crippen LogP contribution in [0.4, 0.5) is 8.78 Å². The van der Waals surface area contributed by atoms with E-state index in [1.165, 1.54) is 24.4 Å². The molecule has 0 radical (unpaired) electrons. The SMILES string of the molecule is Cc1cnc(-c2cccc(S(C)(=O)=O)c2F)c(F)c1-n1c(C)cc([C@H]2C[C@@H]2c2ccc(=O)[nH]c2)c(Cl)c1=O. The number of pyridine rings is 3. The molecule has 1 aliphatic carbocycles. The molecule has 3 heterocycles. The van der Waals surface area contributed by atoms with Crippen molar-refractivity contribution < 1.29 is 17.2 Å². The minimum Gasteiger partial charge on any atom is -0.329 e. The minimum atomic E-state index is -3.92. The molecular formula is C27H22ClF2N3O4S. The number of rotatable bonds is 5. The largest absolute Gasteiger partial charge is 0.329 e. The number of nitrogens with zero attached hydrogens (tertiary/aromatic N) is 2. The van der Waals surface area contributed by atoms with E-state index < -0.39 is 37.6 Å². The Morgan fingerprint density at radius 1 is 1.08 bits per heavy atom. The maximum absolute atomic E-state index is 16.0. The van der Waals surface area contributed by atoms with Gasteiger partial charge in [0.15, 0.2) is 21.5 Å². The van der Waals surface area contributed by atoms with Crippen molar-refractivity contribution in [3.63, 3.8) is 0 Å². The van der Waals surface area contributed by atoms with Crippen molar-refractivity contribution in [3.05, 3.63) is 109 Å². The lowest BCUT2D eigenvalue weighted by Crippen LogP contribution is -2.24. The minimum absolute atomic E-state index is 0.0405. The number of aryl methyl sites for hydroxylation is 2. The highest BCUT2D eigenvalue weighted by Gasteiger charge is 2.41. The van der Waals surface area contributed by atoms with E-state index in [0.717, 1.165) is 28.9 Å². The van der Waals surface area contributed by atoms with Crippen molar-refractivity contribution in [1.82, 2.24) is 14.5 Å². The summed E-state index contributed by atoms with van der Waals surface area (Å²) in [5.74, 6) is -2.08. The Kier molecular flexibility index (Phi) is 6.35. The molecule has 1 aromatic carbocycles. The van der Waals surface area contributed by atoms with Crippen LogP contribution >= 0.6 is 11.6 Å². The third kappa shape index (κ3) is 4.37. The van der Waals surface area contributed by atoms with Crippen LogP contribution in [0, 0.1) is 25.5 Å². The maximum atomic E-state index is 16.0. The smallest absolute Gasteiger partial charge is 0.274 e. The average Bonchev–Trinajstić information content (AvgIpc) is 3.64. The first-order valence-electron chi connectivity index (χ1n) is 11.6. The molecule has 3 aromatic heterocycles. The van der Waals surface area contributed by atoms with Crippen molar-refractivity contribution in [2.24, 2.45) is 0 Å². The third-order valence-corrected chi connectivity index (χ3v) is 8.30. The summed E-state index contributed by atoms with van der Waals surface area (Å²) in [6, 6.07) is 8.52. The van der Waals surface area contributed by atoms with Gasteiger partial charge in [0.25, 0.3) is 5.56 Å². The predicted molar refractivity (Wildman–Crippen MR) is 140 cm³/mol. The number of benzene rings is 1. The molecule has 0 amide bonds. The highest BCUT2D eigenvalue weighted by Crippen LogP contribution is 2.55. The van der Waals surface area contributed by atoms with Gasteiger partial charge in [-0.3, -0.25) is 19.1 Å². The Balaban J connectivity index is 1.62. The van der Waals surface area contributed by atoms with Crippen LogP contribution < -0.4 is 11.1 Å². The molecule has 1 fully saturated rings. The number of halogens is 3. The van der Waals surface area contributed by atoms with Crippen molar-refractivity contribution in [2.45, 2.75) is 37.0 Å².